The summed E-state index contributed by atoms with van der Waals surface area (Å²) in [6.45, 7) is 4.33. The van der Waals surface area contributed by atoms with Gasteiger partial charge in [0, 0.05) is 0 Å². The van der Waals surface area contributed by atoms with Crippen molar-refractivity contribution in [2.24, 2.45) is 0 Å². The molecule has 0 aromatic carbocycles. The van der Waals surface area contributed by atoms with Gasteiger partial charge in [-0.1, -0.05) is 78.1 Å². The molecule has 21 heavy (non-hydrogen) atoms. The number of aliphatic hydroxyl groups excluding tert-OH is 1. The molecule has 0 aliphatic heterocycles. The standard InChI is InChI=1S/C15H32O.H2O4S/c1-3-5-6-7-8-9-10-11-12-13-14-15(16)4-2;1-5(2,3)4/h15-16H,3-14H2,1-2H3;(H2,1,2,3,4). The van der Waals surface area contributed by atoms with E-state index in [1.165, 1.54) is 64.2 Å². The summed E-state index contributed by atoms with van der Waals surface area (Å²) in [5.41, 5.74) is 0. The fourth-order valence-corrected chi connectivity index (χ4v) is 2.07. The summed E-state index contributed by atoms with van der Waals surface area (Å²) in [6.07, 6.45) is 15.6. The predicted octanol–water partition coefficient (Wildman–Crippen LogP) is 4.42. The van der Waals surface area contributed by atoms with Gasteiger partial charge in [0.2, 0.25) is 0 Å². The molecule has 0 aliphatic carbocycles. The molecule has 0 heterocycles. The highest BCUT2D eigenvalue weighted by atomic mass is 32.3. The lowest BCUT2D eigenvalue weighted by molar-refractivity contribution is 0.156. The summed E-state index contributed by atoms with van der Waals surface area (Å²) in [7, 11) is -4.67. The Labute approximate surface area is 130 Å². The van der Waals surface area contributed by atoms with Gasteiger partial charge in [0.15, 0.2) is 0 Å². The van der Waals surface area contributed by atoms with E-state index in [0.29, 0.717) is 0 Å². The number of unbranched alkanes of at least 4 members (excludes halogenated alkanes) is 9. The molecule has 6 heteroatoms. The summed E-state index contributed by atoms with van der Waals surface area (Å²) in [5.74, 6) is 0. The summed E-state index contributed by atoms with van der Waals surface area (Å²) >= 11 is 0. The molecule has 3 N–H and O–H groups in total. The van der Waals surface area contributed by atoms with E-state index in [1.807, 2.05) is 0 Å². The van der Waals surface area contributed by atoms with Gasteiger partial charge in [-0.25, -0.2) is 0 Å². The van der Waals surface area contributed by atoms with Crippen LogP contribution in [-0.2, 0) is 10.4 Å². The Hall–Kier alpha value is -0.170. The van der Waals surface area contributed by atoms with Crippen LogP contribution in [0.5, 0.6) is 0 Å². The summed E-state index contributed by atoms with van der Waals surface area (Å²) < 4.78 is 31.6. The Morgan fingerprint density at radius 3 is 1.43 bits per heavy atom. The molecule has 0 aromatic heterocycles. The first kappa shape index (κ1) is 23.1. The number of hydrogen-bond donors (Lipinski definition) is 3. The summed E-state index contributed by atoms with van der Waals surface area (Å²) in [6, 6.07) is 0. The van der Waals surface area contributed by atoms with Crippen molar-refractivity contribution in [2.75, 3.05) is 0 Å². The number of rotatable bonds is 12. The van der Waals surface area contributed by atoms with Gasteiger partial charge in [-0.15, -0.1) is 0 Å². The van der Waals surface area contributed by atoms with Crippen molar-refractivity contribution in [3.8, 4) is 0 Å². The van der Waals surface area contributed by atoms with Crippen molar-refractivity contribution in [1.82, 2.24) is 0 Å². The van der Waals surface area contributed by atoms with Gasteiger partial charge >= 0.3 is 10.4 Å². The van der Waals surface area contributed by atoms with Crippen LogP contribution in [0.2, 0.25) is 0 Å². The van der Waals surface area contributed by atoms with E-state index >= 15 is 0 Å². The van der Waals surface area contributed by atoms with Crippen LogP contribution in [0.4, 0.5) is 0 Å². The minimum atomic E-state index is -4.67. The maximum absolute atomic E-state index is 9.38. The Balaban J connectivity index is 0. The van der Waals surface area contributed by atoms with Gasteiger partial charge in [0.25, 0.3) is 0 Å². The van der Waals surface area contributed by atoms with Gasteiger partial charge in [-0.3, -0.25) is 9.11 Å². The molecule has 0 spiro atoms. The average molecular weight is 326 g/mol. The van der Waals surface area contributed by atoms with E-state index in [-0.39, 0.29) is 6.10 Å². The predicted molar refractivity (Wildman–Crippen MR) is 86.9 cm³/mol. The van der Waals surface area contributed by atoms with Crippen molar-refractivity contribution in [3.63, 3.8) is 0 Å². The summed E-state index contributed by atoms with van der Waals surface area (Å²) in [4.78, 5) is 0. The molecule has 0 saturated carbocycles. The lowest BCUT2D eigenvalue weighted by Crippen LogP contribution is -2.03. The quantitative estimate of drug-likeness (QED) is 0.364. The Morgan fingerprint density at radius 2 is 1.10 bits per heavy atom. The topological polar surface area (TPSA) is 94.8 Å². The first-order chi connectivity index (χ1) is 9.81. The van der Waals surface area contributed by atoms with Crippen LogP contribution < -0.4 is 0 Å². The third-order valence-corrected chi connectivity index (χ3v) is 3.36. The van der Waals surface area contributed by atoms with Crippen molar-refractivity contribution in [3.05, 3.63) is 0 Å². The molecule has 0 rings (SSSR count). The van der Waals surface area contributed by atoms with E-state index in [0.717, 1.165) is 12.8 Å². The fourth-order valence-electron chi connectivity index (χ4n) is 2.07. The Morgan fingerprint density at radius 1 is 0.762 bits per heavy atom. The molecule has 0 aromatic rings. The minimum Gasteiger partial charge on any atom is -0.393 e. The molecule has 0 amide bonds. The van der Waals surface area contributed by atoms with Crippen LogP contribution in [0.25, 0.3) is 0 Å². The second-order valence-electron chi connectivity index (χ2n) is 5.48. The van der Waals surface area contributed by atoms with Gasteiger partial charge in [-0.05, 0) is 12.8 Å². The molecule has 0 radical (unpaired) electrons. The molecule has 0 fully saturated rings. The zero-order valence-electron chi connectivity index (χ0n) is 13.6. The Kier molecular flexibility index (Phi) is 17.8. The summed E-state index contributed by atoms with van der Waals surface area (Å²) in [5, 5.41) is 9.38. The average Bonchev–Trinajstić information content (AvgIpc) is 2.38. The van der Waals surface area contributed by atoms with Crippen LogP contribution in [0.15, 0.2) is 0 Å². The van der Waals surface area contributed by atoms with E-state index in [4.69, 9.17) is 17.5 Å². The van der Waals surface area contributed by atoms with Gasteiger partial charge in [0.1, 0.15) is 0 Å². The molecule has 0 saturated heterocycles. The van der Waals surface area contributed by atoms with E-state index in [2.05, 4.69) is 13.8 Å². The van der Waals surface area contributed by atoms with Crippen molar-refractivity contribution in [2.45, 2.75) is 97.0 Å². The number of aliphatic hydroxyl groups is 1. The monoisotopic (exact) mass is 326 g/mol. The van der Waals surface area contributed by atoms with Crippen LogP contribution in [-0.4, -0.2) is 28.7 Å². The molecule has 130 valence electrons. The molecule has 5 nitrogen and oxygen atoms in total. The zero-order valence-corrected chi connectivity index (χ0v) is 14.4. The largest absolute Gasteiger partial charge is 0.394 e. The maximum Gasteiger partial charge on any atom is 0.394 e. The molecule has 1 unspecified atom stereocenters. The van der Waals surface area contributed by atoms with E-state index in [9.17, 15) is 5.11 Å². The second kappa shape index (κ2) is 16.2. The van der Waals surface area contributed by atoms with Crippen molar-refractivity contribution < 1.29 is 22.6 Å². The molecule has 0 aliphatic rings. The smallest absolute Gasteiger partial charge is 0.393 e. The van der Waals surface area contributed by atoms with Crippen LogP contribution in [0.3, 0.4) is 0 Å². The molecular weight excluding hydrogens is 292 g/mol. The molecule has 1 atom stereocenters. The first-order valence-corrected chi connectivity index (χ1v) is 9.58. The second-order valence-corrected chi connectivity index (χ2v) is 6.38. The molecule has 0 bridgehead atoms. The SMILES string of the molecule is CCCCCCCCCCCCC(O)CC.O=S(=O)(O)O. The first-order valence-electron chi connectivity index (χ1n) is 8.19. The maximum atomic E-state index is 9.38. The number of hydrogen-bond acceptors (Lipinski definition) is 3. The highest BCUT2D eigenvalue weighted by Gasteiger charge is 1.99. The fraction of sp³-hybridized carbons (Fsp3) is 1.00. The highest BCUT2D eigenvalue weighted by molar-refractivity contribution is 7.79. The van der Waals surface area contributed by atoms with Crippen LogP contribution >= 0.6 is 0 Å². The highest BCUT2D eigenvalue weighted by Crippen LogP contribution is 2.12. The van der Waals surface area contributed by atoms with Crippen molar-refractivity contribution >= 4 is 10.4 Å². The van der Waals surface area contributed by atoms with Gasteiger partial charge in [-0.2, -0.15) is 8.42 Å². The van der Waals surface area contributed by atoms with Gasteiger partial charge < -0.3 is 5.11 Å². The van der Waals surface area contributed by atoms with Crippen molar-refractivity contribution in [1.29, 1.82) is 0 Å². The Bertz CT molecular complexity index is 282. The van der Waals surface area contributed by atoms with E-state index in [1.54, 1.807) is 0 Å². The van der Waals surface area contributed by atoms with Gasteiger partial charge in [0.05, 0.1) is 6.10 Å². The van der Waals surface area contributed by atoms with E-state index < -0.39 is 10.4 Å². The lowest BCUT2D eigenvalue weighted by Gasteiger charge is -2.06. The van der Waals surface area contributed by atoms with Crippen LogP contribution in [0, 0.1) is 0 Å². The minimum absolute atomic E-state index is 0.0472. The third kappa shape index (κ3) is 33.0. The molecular formula is C15H34O5S. The zero-order chi connectivity index (χ0) is 16.6. The third-order valence-electron chi connectivity index (χ3n) is 3.36. The normalized spacial score (nSPS) is 12.6. The van der Waals surface area contributed by atoms with Crippen LogP contribution in [0.1, 0.15) is 90.9 Å². The lowest BCUT2D eigenvalue weighted by atomic mass is 10.0.